The molecule has 0 bridgehead atoms. The Morgan fingerprint density at radius 2 is 1.96 bits per heavy atom. The molecule has 0 saturated carbocycles. The Morgan fingerprint density at radius 1 is 1.12 bits per heavy atom. The van der Waals surface area contributed by atoms with Crippen LogP contribution in [0, 0.1) is 5.92 Å². The Kier molecular flexibility index (Phi) is 4.90. The fraction of sp³-hybridized carbons (Fsp3) is 0.579. The number of hydrogen-bond acceptors (Lipinski definition) is 4. The topological polar surface area (TPSA) is 54.0 Å². The van der Waals surface area contributed by atoms with Crippen molar-refractivity contribution in [2.24, 2.45) is 5.92 Å². The molecule has 128 valence electrons. The Balaban J connectivity index is 1.32. The highest BCUT2D eigenvalue weighted by Gasteiger charge is 2.25. The normalized spacial score (nSPS) is 23.4. The lowest BCUT2D eigenvalue weighted by Crippen LogP contribution is -2.38. The monoisotopic (exact) mass is 326 g/mol. The van der Waals surface area contributed by atoms with E-state index >= 15 is 0 Å². The molecule has 5 nitrogen and oxygen atoms in total. The van der Waals surface area contributed by atoms with Gasteiger partial charge in [-0.15, -0.1) is 0 Å². The highest BCUT2D eigenvalue weighted by molar-refractivity contribution is 5.53. The van der Waals surface area contributed by atoms with Crippen LogP contribution in [0.1, 0.15) is 37.4 Å². The summed E-state index contributed by atoms with van der Waals surface area (Å²) in [5.74, 6) is 3.10. The zero-order valence-corrected chi connectivity index (χ0v) is 14.2. The number of nitrogens with zero attached hydrogens (tertiary/aromatic N) is 3. The highest BCUT2D eigenvalue weighted by Crippen LogP contribution is 2.28. The third kappa shape index (κ3) is 3.68. The van der Waals surface area contributed by atoms with E-state index in [1.807, 2.05) is 18.2 Å². The van der Waals surface area contributed by atoms with Crippen LogP contribution in [0.25, 0.3) is 11.4 Å². The van der Waals surface area contributed by atoms with Crippen LogP contribution >= 0.6 is 0 Å². The number of benzene rings is 1. The second-order valence-corrected chi connectivity index (χ2v) is 7.07. The van der Waals surface area contributed by atoms with Crippen molar-refractivity contribution in [2.45, 2.75) is 31.6 Å². The number of H-pyrrole nitrogens is 1. The molecule has 2 fully saturated rings. The second-order valence-electron chi connectivity index (χ2n) is 7.07. The molecule has 1 atom stereocenters. The van der Waals surface area contributed by atoms with Crippen LogP contribution in [0.5, 0.6) is 0 Å². The van der Waals surface area contributed by atoms with Gasteiger partial charge in [0.1, 0.15) is 5.82 Å². The molecule has 2 aromatic rings. The van der Waals surface area contributed by atoms with E-state index in [-0.39, 0.29) is 0 Å². The first kappa shape index (κ1) is 15.8. The molecular weight excluding hydrogens is 300 g/mol. The molecule has 2 saturated heterocycles. The summed E-state index contributed by atoms with van der Waals surface area (Å²) in [4.78, 5) is 7.34. The van der Waals surface area contributed by atoms with Crippen LogP contribution in [-0.4, -0.2) is 52.9 Å². The smallest absolute Gasteiger partial charge is 0.181 e. The lowest BCUT2D eigenvalue weighted by molar-refractivity contribution is 0.0345. The van der Waals surface area contributed by atoms with Crippen molar-refractivity contribution in [3.63, 3.8) is 0 Å². The van der Waals surface area contributed by atoms with Gasteiger partial charge in [-0.3, -0.25) is 5.10 Å². The van der Waals surface area contributed by atoms with Crippen molar-refractivity contribution in [2.75, 3.05) is 32.8 Å². The van der Waals surface area contributed by atoms with Gasteiger partial charge < -0.3 is 9.64 Å². The van der Waals surface area contributed by atoms with Crippen molar-refractivity contribution in [3.05, 3.63) is 36.2 Å². The Hall–Kier alpha value is -1.72. The number of nitrogens with one attached hydrogen (secondary N) is 1. The van der Waals surface area contributed by atoms with Gasteiger partial charge in [0.05, 0.1) is 6.61 Å². The molecule has 0 aliphatic carbocycles. The zero-order chi connectivity index (χ0) is 16.2. The van der Waals surface area contributed by atoms with Gasteiger partial charge in [0.15, 0.2) is 5.82 Å². The van der Waals surface area contributed by atoms with E-state index in [9.17, 15) is 0 Å². The summed E-state index contributed by atoms with van der Waals surface area (Å²) in [6, 6.07) is 10.2. The van der Waals surface area contributed by atoms with Gasteiger partial charge in [-0.25, -0.2) is 4.98 Å². The summed E-state index contributed by atoms with van der Waals surface area (Å²) >= 11 is 0. The average molecular weight is 326 g/mol. The van der Waals surface area contributed by atoms with Crippen LogP contribution in [0.15, 0.2) is 30.3 Å². The molecule has 1 aromatic carbocycles. The van der Waals surface area contributed by atoms with Crippen molar-refractivity contribution in [1.29, 1.82) is 0 Å². The summed E-state index contributed by atoms with van der Waals surface area (Å²) in [5.41, 5.74) is 1.08. The van der Waals surface area contributed by atoms with Crippen LogP contribution < -0.4 is 0 Å². The molecule has 1 aromatic heterocycles. The van der Waals surface area contributed by atoms with Crippen molar-refractivity contribution in [3.8, 4) is 11.4 Å². The first-order valence-electron chi connectivity index (χ1n) is 9.16. The number of aromatic amines is 1. The maximum absolute atomic E-state index is 5.61. The molecule has 4 rings (SSSR count). The minimum Gasteiger partial charge on any atom is -0.381 e. The van der Waals surface area contributed by atoms with Crippen LogP contribution in [0.2, 0.25) is 0 Å². The first-order chi connectivity index (χ1) is 11.9. The number of rotatable bonds is 4. The second kappa shape index (κ2) is 7.45. The standard InChI is InChI=1S/C19H26N4O/c1-2-6-16(7-3-1)18-20-19(22-21-18)17-8-10-23(11-9-17)13-15-5-4-12-24-14-15/h1-3,6-7,15,17H,4-5,8-14H2,(H,20,21,22). The van der Waals surface area contributed by atoms with Gasteiger partial charge in [-0.05, 0) is 44.7 Å². The molecule has 5 heteroatoms. The molecule has 1 unspecified atom stereocenters. The Labute approximate surface area is 143 Å². The summed E-state index contributed by atoms with van der Waals surface area (Å²) in [5, 5.41) is 7.58. The van der Waals surface area contributed by atoms with E-state index in [2.05, 4.69) is 27.2 Å². The molecule has 2 aliphatic heterocycles. The predicted molar refractivity (Wildman–Crippen MR) is 93.8 cm³/mol. The van der Waals surface area contributed by atoms with E-state index in [0.29, 0.717) is 5.92 Å². The predicted octanol–water partition coefficient (Wildman–Crippen LogP) is 3.08. The molecule has 0 amide bonds. The maximum atomic E-state index is 5.61. The van der Waals surface area contributed by atoms with E-state index in [4.69, 9.17) is 9.72 Å². The van der Waals surface area contributed by atoms with Crippen LogP contribution in [0.4, 0.5) is 0 Å². The quantitative estimate of drug-likeness (QED) is 0.938. The molecule has 3 heterocycles. The van der Waals surface area contributed by atoms with Gasteiger partial charge in [-0.2, -0.15) is 5.10 Å². The number of likely N-dealkylation sites (tertiary alicyclic amines) is 1. The zero-order valence-electron chi connectivity index (χ0n) is 14.2. The third-order valence-electron chi connectivity index (χ3n) is 5.28. The lowest BCUT2D eigenvalue weighted by atomic mass is 9.94. The van der Waals surface area contributed by atoms with Gasteiger partial charge in [0.25, 0.3) is 0 Å². The summed E-state index contributed by atoms with van der Waals surface area (Å²) < 4.78 is 5.61. The maximum Gasteiger partial charge on any atom is 0.181 e. The average Bonchev–Trinajstić information content (AvgIpc) is 3.14. The molecular formula is C19H26N4O. The summed E-state index contributed by atoms with van der Waals surface area (Å²) in [6.45, 7) is 5.40. The molecule has 2 aliphatic rings. The molecule has 0 spiro atoms. The fourth-order valence-corrected chi connectivity index (χ4v) is 3.88. The Bertz CT molecular complexity index is 628. The van der Waals surface area contributed by atoms with Gasteiger partial charge in [0, 0.05) is 24.6 Å². The number of hydrogen-bond donors (Lipinski definition) is 1. The number of piperidine rings is 1. The van der Waals surface area contributed by atoms with E-state index < -0.39 is 0 Å². The SMILES string of the molecule is c1ccc(-c2n[nH]c(C3CCN(CC4CCCOC4)CC3)n2)cc1. The summed E-state index contributed by atoms with van der Waals surface area (Å²) in [7, 11) is 0. The van der Waals surface area contributed by atoms with Crippen molar-refractivity contribution < 1.29 is 4.74 Å². The summed E-state index contributed by atoms with van der Waals surface area (Å²) in [6.07, 6.45) is 4.87. The van der Waals surface area contributed by atoms with Gasteiger partial charge >= 0.3 is 0 Å². The van der Waals surface area contributed by atoms with E-state index in [1.54, 1.807) is 0 Å². The number of ether oxygens (including phenoxy) is 1. The minimum atomic E-state index is 0.508. The van der Waals surface area contributed by atoms with Crippen LogP contribution in [0.3, 0.4) is 0 Å². The Morgan fingerprint density at radius 3 is 2.71 bits per heavy atom. The first-order valence-corrected chi connectivity index (χ1v) is 9.16. The van der Waals surface area contributed by atoms with Crippen molar-refractivity contribution >= 4 is 0 Å². The largest absolute Gasteiger partial charge is 0.381 e. The van der Waals surface area contributed by atoms with E-state index in [1.165, 1.54) is 19.4 Å². The van der Waals surface area contributed by atoms with Gasteiger partial charge in [0.2, 0.25) is 0 Å². The molecule has 0 radical (unpaired) electrons. The fourth-order valence-electron chi connectivity index (χ4n) is 3.88. The van der Waals surface area contributed by atoms with E-state index in [0.717, 1.165) is 62.3 Å². The van der Waals surface area contributed by atoms with Crippen molar-refractivity contribution in [1.82, 2.24) is 20.1 Å². The third-order valence-corrected chi connectivity index (χ3v) is 5.28. The minimum absolute atomic E-state index is 0.508. The molecule has 1 N–H and O–H groups in total. The van der Waals surface area contributed by atoms with Gasteiger partial charge in [-0.1, -0.05) is 30.3 Å². The van der Waals surface area contributed by atoms with Crippen LogP contribution in [-0.2, 0) is 4.74 Å². The number of aromatic nitrogens is 3. The molecule has 24 heavy (non-hydrogen) atoms. The lowest BCUT2D eigenvalue weighted by Gasteiger charge is -2.34. The highest BCUT2D eigenvalue weighted by atomic mass is 16.5.